The predicted molar refractivity (Wildman–Crippen MR) is 80.5 cm³/mol. The van der Waals surface area contributed by atoms with E-state index in [4.69, 9.17) is 5.73 Å². The van der Waals surface area contributed by atoms with E-state index >= 15 is 0 Å². The summed E-state index contributed by atoms with van der Waals surface area (Å²) in [5.74, 6) is 0. The van der Waals surface area contributed by atoms with E-state index in [9.17, 15) is 8.42 Å². The zero-order chi connectivity index (χ0) is 14.2. The van der Waals surface area contributed by atoms with Gasteiger partial charge in [0.1, 0.15) is 0 Å². The van der Waals surface area contributed by atoms with Crippen LogP contribution in [0, 0.1) is 6.92 Å². The molecule has 4 nitrogen and oxygen atoms in total. The van der Waals surface area contributed by atoms with Crippen LogP contribution < -0.4 is 5.73 Å². The van der Waals surface area contributed by atoms with E-state index in [0.717, 1.165) is 25.7 Å². The van der Waals surface area contributed by atoms with Crippen LogP contribution in [0.4, 0.5) is 5.69 Å². The molecule has 1 fully saturated rings. The second-order valence-electron chi connectivity index (χ2n) is 5.08. The van der Waals surface area contributed by atoms with Crippen molar-refractivity contribution in [3.8, 4) is 0 Å². The van der Waals surface area contributed by atoms with Crippen molar-refractivity contribution in [2.45, 2.75) is 43.5 Å². The highest BCUT2D eigenvalue weighted by Gasteiger charge is 2.31. The topological polar surface area (TPSA) is 63.4 Å². The molecule has 0 heterocycles. The standard InChI is InChI=1S/C13H19BrN2O2S/c1-9-12(15)7-10(14)8-13(9)19(17,18)16(2)11-5-3-4-6-11/h7-8,11H,3-6,15H2,1-2H3. The Bertz CT molecular complexity index is 581. The molecule has 0 bridgehead atoms. The fourth-order valence-corrected chi connectivity index (χ4v) is 4.88. The van der Waals surface area contributed by atoms with Gasteiger partial charge in [-0.3, -0.25) is 0 Å². The number of nitrogens with zero attached hydrogens (tertiary/aromatic N) is 1. The second kappa shape index (κ2) is 5.42. The molecule has 1 saturated carbocycles. The molecule has 0 spiro atoms. The molecule has 0 aliphatic heterocycles. The first-order chi connectivity index (χ1) is 8.84. The zero-order valence-corrected chi connectivity index (χ0v) is 13.6. The lowest BCUT2D eigenvalue weighted by atomic mass is 10.2. The number of benzene rings is 1. The number of anilines is 1. The Kier molecular flexibility index (Phi) is 4.23. The van der Waals surface area contributed by atoms with Gasteiger partial charge in [0.15, 0.2) is 0 Å². The van der Waals surface area contributed by atoms with Crippen LogP contribution in [0.1, 0.15) is 31.2 Å². The maximum Gasteiger partial charge on any atom is 0.243 e. The van der Waals surface area contributed by atoms with E-state index in [1.165, 1.54) is 4.31 Å². The lowest BCUT2D eigenvalue weighted by Gasteiger charge is -2.25. The summed E-state index contributed by atoms with van der Waals surface area (Å²) in [5, 5.41) is 0. The second-order valence-corrected chi connectivity index (χ2v) is 7.96. The van der Waals surface area contributed by atoms with Gasteiger partial charge in [-0.05, 0) is 37.5 Å². The van der Waals surface area contributed by atoms with Gasteiger partial charge in [0.2, 0.25) is 10.0 Å². The maximum atomic E-state index is 12.7. The van der Waals surface area contributed by atoms with Gasteiger partial charge in [0.25, 0.3) is 0 Å². The lowest BCUT2D eigenvalue weighted by molar-refractivity contribution is 0.373. The minimum Gasteiger partial charge on any atom is -0.398 e. The van der Waals surface area contributed by atoms with Crippen molar-refractivity contribution in [2.24, 2.45) is 0 Å². The molecule has 0 saturated heterocycles. The van der Waals surface area contributed by atoms with Gasteiger partial charge in [-0.25, -0.2) is 8.42 Å². The Balaban J connectivity index is 2.44. The molecule has 0 unspecified atom stereocenters. The zero-order valence-electron chi connectivity index (χ0n) is 11.2. The van der Waals surface area contributed by atoms with Gasteiger partial charge in [-0.2, -0.15) is 4.31 Å². The molecule has 2 rings (SSSR count). The molecule has 1 aromatic rings. The predicted octanol–water partition coefficient (Wildman–Crippen LogP) is 2.90. The summed E-state index contributed by atoms with van der Waals surface area (Å²) in [4.78, 5) is 0.300. The van der Waals surface area contributed by atoms with E-state index in [2.05, 4.69) is 15.9 Å². The van der Waals surface area contributed by atoms with Gasteiger partial charge < -0.3 is 5.73 Å². The van der Waals surface area contributed by atoms with Crippen molar-refractivity contribution in [2.75, 3.05) is 12.8 Å². The number of hydrogen-bond donors (Lipinski definition) is 1. The first kappa shape index (κ1) is 14.8. The van der Waals surface area contributed by atoms with Crippen LogP contribution >= 0.6 is 15.9 Å². The van der Waals surface area contributed by atoms with Crippen LogP contribution in [0.15, 0.2) is 21.5 Å². The molecule has 0 amide bonds. The summed E-state index contributed by atoms with van der Waals surface area (Å²) in [7, 11) is -1.81. The van der Waals surface area contributed by atoms with Crippen molar-refractivity contribution in [1.29, 1.82) is 0 Å². The van der Waals surface area contributed by atoms with Gasteiger partial charge in [-0.1, -0.05) is 28.8 Å². The van der Waals surface area contributed by atoms with Crippen LogP contribution in [0.3, 0.4) is 0 Å². The molecular formula is C13H19BrN2O2S. The molecule has 2 N–H and O–H groups in total. The molecular weight excluding hydrogens is 328 g/mol. The quantitative estimate of drug-likeness (QED) is 0.855. The van der Waals surface area contributed by atoms with Crippen molar-refractivity contribution < 1.29 is 8.42 Å². The number of rotatable bonds is 3. The molecule has 106 valence electrons. The van der Waals surface area contributed by atoms with E-state index < -0.39 is 10.0 Å². The Morgan fingerprint density at radius 3 is 2.47 bits per heavy atom. The third kappa shape index (κ3) is 2.80. The maximum absolute atomic E-state index is 12.7. The molecule has 1 aliphatic carbocycles. The Morgan fingerprint density at radius 2 is 1.89 bits per heavy atom. The monoisotopic (exact) mass is 346 g/mol. The Hall–Kier alpha value is -0.590. The van der Waals surface area contributed by atoms with E-state index in [1.807, 2.05) is 0 Å². The van der Waals surface area contributed by atoms with Crippen molar-refractivity contribution in [3.05, 3.63) is 22.2 Å². The van der Waals surface area contributed by atoms with E-state index in [0.29, 0.717) is 20.6 Å². The number of nitrogen functional groups attached to an aromatic ring is 1. The third-order valence-electron chi connectivity index (χ3n) is 3.86. The highest BCUT2D eigenvalue weighted by molar-refractivity contribution is 9.10. The summed E-state index contributed by atoms with van der Waals surface area (Å²) >= 11 is 3.31. The average Bonchev–Trinajstić information content (AvgIpc) is 2.86. The molecule has 6 heteroatoms. The Morgan fingerprint density at radius 1 is 1.32 bits per heavy atom. The van der Waals surface area contributed by atoms with Gasteiger partial charge >= 0.3 is 0 Å². The summed E-state index contributed by atoms with van der Waals surface area (Å²) in [6.07, 6.45) is 4.09. The van der Waals surface area contributed by atoms with Crippen LogP contribution in [0.5, 0.6) is 0 Å². The van der Waals surface area contributed by atoms with Gasteiger partial charge in [0, 0.05) is 23.2 Å². The summed E-state index contributed by atoms with van der Waals surface area (Å²) < 4.78 is 27.6. The number of sulfonamides is 1. The average molecular weight is 347 g/mol. The largest absolute Gasteiger partial charge is 0.398 e. The van der Waals surface area contributed by atoms with Gasteiger partial charge in [0.05, 0.1) is 4.90 Å². The number of hydrogen-bond acceptors (Lipinski definition) is 3. The smallest absolute Gasteiger partial charge is 0.243 e. The molecule has 0 radical (unpaired) electrons. The molecule has 0 aromatic heterocycles. The first-order valence-electron chi connectivity index (χ1n) is 6.37. The van der Waals surface area contributed by atoms with Crippen LogP contribution in [-0.2, 0) is 10.0 Å². The third-order valence-corrected chi connectivity index (χ3v) is 6.36. The first-order valence-corrected chi connectivity index (χ1v) is 8.61. The number of halogens is 1. The van der Waals surface area contributed by atoms with Crippen molar-refractivity contribution in [3.63, 3.8) is 0 Å². The molecule has 19 heavy (non-hydrogen) atoms. The molecule has 1 aliphatic rings. The summed E-state index contributed by atoms with van der Waals surface area (Å²) in [6, 6.07) is 3.47. The fraction of sp³-hybridized carbons (Fsp3) is 0.538. The van der Waals surface area contributed by atoms with Crippen LogP contribution in [0.25, 0.3) is 0 Å². The molecule has 0 atom stereocenters. The van der Waals surface area contributed by atoms with Crippen LogP contribution in [0.2, 0.25) is 0 Å². The van der Waals surface area contributed by atoms with Gasteiger partial charge in [-0.15, -0.1) is 0 Å². The van der Waals surface area contributed by atoms with E-state index in [1.54, 1.807) is 26.1 Å². The fourth-order valence-electron chi connectivity index (χ4n) is 2.56. The highest BCUT2D eigenvalue weighted by Crippen LogP contribution is 2.31. The normalized spacial score (nSPS) is 17.3. The van der Waals surface area contributed by atoms with E-state index in [-0.39, 0.29) is 6.04 Å². The van der Waals surface area contributed by atoms with Crippen molar-refractivity contribution >= 4 is 31.6 Å². The number of nitrogens with two attached hydrogens (primary N) is 1. The van der Waals surface area contributed by atoms with Crippen molar-refractivity contribution in [1.82, 2.24) is 4.31 Å². The SMILES string of the molecule is Cc1c(N)cc(Br)cc1S(=O)(=O)N(C)C1CCCC1. The Labute approximate surface area is 123 Å². The summed E-state index contributed by atoms with van der Waals surface area (Å²) in [5.41, 5.74) is 6.97. The minimum atomic E-state index is -3.47. The highest BCUT2D eigenvalue weighted by atomic mass is 79.9. The van der Waals surface area contributed by atoms with Crippen LogP contribution in [-0.4, -0.2) is 25.8 Å². The summed E-state index contributed by atoms with van der Waals surface area (Å²) in [6.45, 7) is 1.75. The molecule has 1 aromatic carbocycles. The minimum absolute atomic E-state index is 0.115. The lowest BCUT2D eigenvalue weighted by Crippen LogP contribution is -2.35.